The average molecular weight is 338 g/mol. The molecule has 0 heterocycles. The first-order valence-electron chi connectivity index (χ1n) is 7.25. The zero-order valence-electron chi connectivity index (χ0n) is 13.4. The fraction of sp³-hybridized carbons (Fsp3) is 0.625. The molecule has 0 N–H and O–H groups in total. The number of carbonyl (C=O) groups is 2. The number of hydrogen-bond donors (Lipinski definition) is 0. The number of unbranched alkanes of at least 4 members (excludes halogenated alkanes) is 2. The average Bonchev–Trinajstić information content (AvgIpc) is 2.40. The zero-order chi connectivity index (χ0) is 16.0. The number of carboxylic acids is 2. The van der Waals surface area contributed by atoms with E-state index in [1.54, 1.807) is 12.2 Å². The molecule has 0 saturated heterocycles. The standard InChI is InChI=1S/2C8H14O2.Fe/c2*1-3-5-6-7(4-2)8(9)10;/h2*6H,3-5H2,1-2H3,(H,9,10);/q;;+2/p-2. The van der Waals surface area contributed by atoms with Crippen molar-refractivity contribution in [1.82, 2.24) is 0 Å². The number of hydrogen-bond acceptors (Lipinski definition) is 4. The van der Waals surface area contributed by atoms with Crippen LogP contribution in [-0.2, 0) is 26.7 Å². The van der Waals surface area contributed by atoms with Crippen LogP contribution >= 0.6 is 0 Å². The van der Waals surface area contributed by atoms with E-state index in [0.29, 0.717) is 24.0 Å². The summed E-state index contributed by atoms with van der Waals surface area (Å²) in [6.45, 7) is 7.66. The van der Waals surface area contributed by atoms with Gasteiger partial charge in [-0.25, -0.2) is 0 Å². The number of allylic oxidation sites excluding steroid dienone is 2. The number of aliphatic carboxylic acids is 2. The molecule has 0 unspecified atom stereocenters. The SMILES string of the molecule is CCCC=C(CC)C(=O)[O-].CCCC=C(CC)C(=O)[O-].[Fe+2]. The molecule has 0 aliphatic heterocycles. The Morgan fingerprint density at radius 1 is 0.762 bits per heavy atom. The van der Waals surface area contributed by atoms with E-state index in [1.165, 1.54) is 0 Å². The molecule has 122 valence electrons. The van der Waals surface area contributed by atoms with Crippen molar-refractivity contribution in [2.24, 2.45) is 0 Å². The fourth-order valence-corrected chi connectivity index (χ4v) is 1.38. The summed E-state index contributed by atoms with van der Waals surface area (Å²) in [6, 6.07) is 0. The molecule has 0 atom stereocenters. The van der Waals surface area contributed by atoms with Crippen molar-refractivity contribution < 1.29 is 36.9 Å². The molecule has 0 aliphatic rings. The Hall–Kier alpha value is -1.06. The summed E-state index contributed by atoms with van der Waals surface area (Å²) < 4.78 is 0. The van der Waals surface area contributed by atoms with Crippen LogP contribution in [0.15, 0.2) is 23.3 Å². The summed E-state index contributed by atoms with van der Waals surface area (Å²) in [5.74, 6) is -2.06. The predicted molar refractivity (Wildman–Crippen MR) is 76.6 cm³/mol. The van der Waals surface area contributed by atoms with E-state index in [9.17, 15) is 19.8 Å². The molecule has 0 amide bonds. The van der Waals surface area contributed by atoms with E-state index in [1.807, 2.05) is 27.7 Å². The maximum Gasteiger partial charge on any atom is 2.00 e. The Labute approximate surface area is 138 Å². The van der Waals surface area contributed by atoms with Gasteiger partial charge in [0.25, 0.3) is 0 Å². The molecule has 0 aliphatic carbocycles. The molecule has 0 radical (unpaired) electrons. The molecule has 0 saturated carbocycles. The van der Waals surface area contributed by atoms with Crippen LogP contribution in [0, 0.1) is 0 Å². The summed E-state index contributed by atoms with van der Waals surface area (Å²) in [5.41, 5.74) is 0.837. The molecule has 0 rings (SSSR count). The normalized spacial score (nSPS) is 11.0. The van der Waals surface area contributed by atoms with Gasteiger partial charge in [-0.2, -0.15) is 0 Å². The van der Waals surface area contributed by atoms with Crippen LogP contribution in [0.2, 0.25) is 0 Å². The predicted octanol–water partition coefficient (Wildman–Crippen LogP) is 1.74. The van der Waals surface area contributed by atoms with Crippen LogP contribution in [0.3, 0.4) is 0 Å². The molecule has 21 heavy (non-hydrogen) atoms. The third kappa shape index (κ3) is 15.2. The smallest absolute Gasteiger partial charge is 0.545 e. The Kier molecular flexibility index (Phi) is 20.2. The molecule has 0 aromatic heterocycles. The van der Waals surface area contributed by atoms with Crippen LogP contribution in [0.25, 0.3) is 0 Å². The first-order valence-corrected chi connectivity index (χ1v) is 7.25. The largest absolute Gasteiger partial charge is 2.00 e. The summed E-state index contributed by atoms with van der Waals surface area (Å²) in [6.07, 6.45) is 8.21. The summed E-state index contributed by atoms with van der Waals surface area (Å²) in [5, 5.41) is 20.5. The maximum absolute atomic E-state index is 10.3. The Morgan fingerprint density at radius 2 is 1.05 bits per heavy atom. The third-order valence-electron chi connectivity index (χ3n) is 2.65. The van der Waals surface area contributed by atoms with E-state index >= 15 is 0 Å². The first-order chi connectivity index (χ1) is 9.44. The fourth-order valence-electron chi connectivity index (χ4n) is 1.38. The minimum Gasteiger partial charge on any atom is -0.545 e. The van der Waals surface area contributed by atoms with E-state index in [0.717, 1.165) is 25.7 Å². The zero-order valence-corrected chi connectivity index (χ0v) is 14.5. The molecule has 0 aromatic carbocycles. The van der Waals surface area contributed by atoms with Gasteiger partial charge in [0.1, 0.15) is 0 Å². The number of carbonyl (C=O) groups excluding carboxylic acids is 2. The molecule has 0 fully saturated rings. The molecular weight excluding hydrogens is 312 g/mol. The number of carboxylic acid groups (broad SMARTS) is 2. The Balaban J connectivity index is -0.000000295. The molecule has 4 nitrogen and oxygen atoms in total. The Bertz CT molecular complexity index is 312. The second kappa shape index (κ2) is 17.0. The minimum absolute atomic E-state index is 0. The van der Waals surface area contributed by atoms with Crippen LogP contribution in [0.4, 0.5) is 0 Å². The van der Waals surface area contributed by atoms with Crippen molar-refractivity contribution in [3.63, 3.8) is 0 Å². The van der Waals surface area contributed by atoms with Gasteiger partial charge >= 0.3 is 17.1 Å². The van der Waals surface area contributed by atoms with E-state index in [4.69, 9.17) is 0 Å². The van der Waals surface area contributed by atoms with Crippen molar-refractivity contribution in [1.29, 1.82) is 0 Å². The van der Waals surface area contributed by atoms with Crippen LogP contribution in [0.5, 0.6) is 0 Å². The van der Waals surface area contributed by atoms with E-state index in [-0.39, 0.29) is 17.1 Å². The van der Waals surface area contributed by atoms with Crippen molar-refractivity contribution in [3.8, 4) is 0 Å². The van der Waals surface area contributed by atoms with Gasteiger partial charge in [-0.1, -0.05) is 52.7 Å². The second-order valence-electron chi connectivity index (χ2n) is 4.32. The van der Waals surface area contributed by atoms with Gasteiger partial charge in [0.15, 0.2) is 0 Å². The van der Waals surface area contributed by atoms with Gasteiger partial charge < -0.3 is 19.8 Å². The Morgan fingerprint density at radius 3 is 1.19 bits per heavy atom. The molecular formula is C16H26FeO4. The minimum atomic E-state index is -1.03. The van der Waals surface area contributed by atoms with Gasteiger partial charge in [-0.15, -0.1) is 0 Å². The van der Waals surface area contributed by atoms with Crippen LogP contribution in [-0.4, -0.2) is 11.9 Å². The molecule has 0 spiro atoms. The van der Waals surface area contributed by atoms with Gasteiger partial charge in [-0.05, 0) is 36.8 Å². The maximum atomic E-state index is 10.3. The van der Waals surface area contributed by atoms with Gasteiger partial charge in [0.2, 0.25) is 0 Å². The van der Waals surface area contributed by atoms with Crippen molar-refractivity contribution >= 4 is 11.9 Å². The van der Waals surface area contributed by atoms with Gasteiger partial charge in [-0.3, -0.25) is 0 Å². The molecule has 5 heteroatoms. The van der Waals surface area contributed by atoms with E-state index < -0.39 is 11.9 Å². The topological polar surface area (TPSA) is 80.3 Å². The third-order valence-corrected chi connectivity index (χ3v) is 2.65. The monoisotopic (exact) mass is 338 g/mol. The summed E-state index contributed by atoms with van der Waals surface area (Å²) in [4.78, 5) is 20.5. The molecule has 0 bridgehead atoms. The van der Waals surface area contributed by atoms with Crippen molar-refractivity contribution in [2.75, 3.05) is 0 Å². The summed E-state index contributed by atoms with van der Waals surface area (Å²) in [7, 11) is 0. The van der Waals surface area contributed by atoms with E-state index in [2.05, 4.69) is 0 Å². The van der Waals surface area contributed by atoms with Crippen LogP contribution < -0.4 is 10.2 Å². The van der Waals surface area contributed by atoms with Gasteiger partial charge in [0, 0.05) is 0 Å². The molecule has 0 aromatic rings. The van der Waals surface area contributed by atoms with Crippen molar-refractivity contribution in [2.45, 2.75) is 66.2 Å². The summed E-state index contributed by atoms with van der Waals surface area (Å²) >= 11 is 0. The van der Waals surface area contributed by atoms with Crippen LogP contribution in [0.1, 0.15) is 66.2 Å². The second-order valence-corrected chi connectivity index (χ2v) is 4.32. The first kappa shape index (κ1) is 24.9. The number of rotatable bonds is 8. The van der Waals surface area contributed by atoms with Gasteiger partial charge in [0.05, 0.1) is 11.9 Å². The quantitative estimate of drug-likeness (QED) is 0.499. The van der Waals surface area contributed by atoms with Crippen molar-refractivity contribution in [3.05, 3.63) is 23.3 Å².